The highest BCUT2D eigenvalue weighted by atomic mass is 16.4. The summed E-state index contributed by atoms with van der Waals surface area (Å²) in [7, 11) is 0. The SMILES string of the molecule is CCNC1(C(=O)O)CCCC1CCN1CCC(C)CC1. The fourth-order valence-electron chi connectivity index (χ4n) is 4.00. The highest BCUT2D eigenvalue weighted by Crippen LogP contribution is 2.38. The standard InChI is InChI=1S/C16H30N2O2/c1-3-17-16(15(19)20)9-4-5-14(16)8-12-18-10-6-13(2)7-11-18/h13-14,17H,3-12H2,1-2H3,(H,19,20). The predicted molar refractivity (Wildman–Crippen MR) is 80.8 cm³/mol. The molecule has 2 aliphatic rings. The van der Waals surface area contributed by atoms with Gasteiger partial charge in [-0.05, 0) is 70.1 Å². The van der Waals surface area contributed by atoms with Crippen molar-refractivity contribution in [2.75, 3.05) is 26.2 Å². The molecule has 0 radical (unpaired) electrons. The van der Waals surface area contributed by atoms with Gasteiger partial charge in [0.05, 0.1) is 0 Å². The van der Waals surface area contributed by atoms with Gasteiger partial charge in [0.1, 0.15) is 5.54 Å². The van der Waals surface area contributed by atoms with E-state index in [9.17, 15) is 9.90 Å². The summed E-state index contributed by atoms with van der Waals surface area (Å²) in [6.45, 7) is 8.52. The van der Waals surface area contributed by atoms with Gasteiger partial charge in [0.2, 0.25) is 0 Å². The number of rotatable bonds is 6. The second kappa shape index (κ2) is 6.90. The Bertz CT molecular complexity index is 326. The molecule has 1 saturated heterocycles. The van der Waals surface area contributed by atoms with Crippen LogP contribution in [0.1, 0.15) is 52.4 Å². The van der Waals surface area contributed by atoms with Gasteiger partial charge in [-0.15, -0.1) is 0 Å². The van der Waals surface area contributed by atoms with Gasteiger partial charge in [-0.2, -0.15) is 0 Å². The number of carbonyl (C=O) groups is 1. The Balaban J connectivity index is 1.88. The zero-order valence-electron chi connectivity index (χ0n) is 13.0. The Kier molecular flexibility index (Phi) is 5.44. The molecule has 1 aliphatic heterocycles. The van der Waals surface area contributed by atoms with E-state index in [2.05, 4.69) is 17.1 Å². The summed E-state index contributed by atoms with van der Waals surface area (Å²) in [6.07, 6.45) is 6.50. The van der Waals surface area contributed by atoms with Crippen LogP contribution in [0.25, 0.3) is 0 Å². The van der Waals surface area contributed by atoms with Crippen molar-refractivity contribution >= 4 is 5.97 Å². The molecule has 0 aromatic rings. The first-order valence-electron chi connectivity index (χ1n) is 8.29. The predicted octanol–water partition coefficient (Wildman–Crippen LogP) is 2.34. The summed E-state index contributed by atoms with van der Waals surface area (Å²) in [5, 5.41) is 12.9. The fraction of sp³-hybridized carbons (Fsp3) is 0.938. The minimum atomic E-state index is -0.655. The number of hydrogen-bond donors (Lipinski definition) is 2. The number of carboxylic acids is 1. The van der Waals surface area contributed by atoms with E-state index in [1.807, 2.05) is 6.92 Å². The van der Waals surface area contributed by atoms with E-state index in [1.165, 1.54) is 25.9 Å². The Hall–Kier alpha value is -0.610. The van der Waals surface area contributed by atoms with Crippen LogP contribution in [-0.4, -0.2) is 47.7 Å². The van der Waals surface area contributed by atoms with Gasteiger partial charge >= 0.3 is 5.97 Å². The van der Waals surface area contributed by atoms with Gasteiger partial charge in [0, 0.05) is 0 Å². The van der Waals surface area contributed by atoms with Crippen LogP contribution < -0.4 is 5.32 Å². The second-order valence-corrected chi connectivity index (χ2v) is 6.71. The third-order valence-electron chi connectivity index (χ3n) is 5.36. The third-order valence-corrected chi connectivity index (χ3v) is 5.36. The molecule has 0 amide bonds. The van der Waals surface area contributed by atoms with Crippen LogP contribution in [0.4, 0.5) is 0 Å². The maximum atomic E-state index is 11.7. The number of nitrogens with zero attached hydrogens (tertiary/aromatic N) is 1. The maximum absolute atomic E-state index is 11.7. The molecule has 2 fully saturated rings. The number of piperidine rings is 1. The lowest BCUT2D eigenvalue weighted by atomic mass is 9.84. The smallest absolute Gasteiger partial charge is 0.324 e. The van der Waals surface area contributed by atoms with Crippen LogP contribution in [0.5, 0.6) is 0 Å². The molecule has 1 aliphatic carbocycles. The summed E-state index contributed by atoms with van der Waals surface area (Å²) in [5.41, 5.74) is -0.655. The van der Waals surface area contributed by atoms with E-state index in [4.69, 9.17) is 0 Å². The highest BCUT2D eigenvalue weighted by molar-refractivity contribution is 5.79. The van der Waals surface area contributed by atoms with Gasteiger partial charge < -0.3 is 15.3 Å². The lowest BCUT2D eigenvalue weighted by molar-refractivity contribution is -0.146. The molecular formula is C16H30N2O2. The van der Waals surface area contributed by atoms with Crippen molar-refractivity contribution in [3.63, 3.8) is 0 Å². The molecule has 1 heterocycles. The molecule has 2 unspecified atom stereocenters. The molecule has 2 N–H and O–H groups in total. The van der Waals surface area contributed by atoms with Crippen LogP contribution in [0, 0.1) is 11.8 Å². The van der Waals surface area contributed by atoms with Crippen LogP contribution in [0.15, 0.2) is 0 Å². The van der Waals surface area contributed by atoms with Crippen molar-refractivity contribution in [3.05, 3.63) is 0 Å². The molecule has 20 heavy (non-hydrogen) atoms. The van der Waals surface area contributed by atoms with Crippen molar-refractivity contribution in [1.82, 2.24) is 10.2 Å². The van der Waals surface area contributed by atoms with Gasteiger partial charge in [-0.1, -0.05) is 20.3 Å². The van der Waals surface area contributed by atoms with Crippen molar-refractivity contribution in [2.24, 2.45) is 11.8 Å². The molecule has 4 nitrogen and oxygen atoms in total. The number of hydrogen-bond acceptors (Lipinski definition) is 3. The Morgan fingerprint density at radius 2 is 2.05 bits per heavy atom. The maximum Gasteiger partial charge on any atom is 0.324 e. The van der Waals surface area contributed by atoms with E-state index < -0.39 is 11.5 Å². The van der Waals surface area contributed by atoms with E-state index in [1.54, 1.807) is 0 Å². The molecule has 0 aromatic carbocycles. The average molecular weight is 282 g/mol. The molecule has 0 spiro atoms. The largest absolute Gasteiger partial charge is 0.480 e. The number of nitrogens with one attached hydrogen (secondary N) is 1. The van der Waals surface area contributed by atoms with E-state index in [0.29, 0.717) is 5.92 Å². The summed E-state index contributed by atoms with van der Waals surface area (Å²) in [4.78, 5) is 14.3. The van der Waals surface area contributed by atoms with Crippen molar-refractivity contribution < 1.29 is 9.90 Å². The van der Waals surface area contributed by atoms with Crippen molar-refractivity contribution in [2.45, 2.75) is 57.9 Å². The molecule has 2 rings (SSSR count). The summed E-state index contributed by atoms with van der Waals surface area (Å²) < 4.78 is 0. The Morgan fingerprint density at radius 1 is 1.35 bits per heavy atom. The summed E-state index contributed by atoms with van der Waals surface area (Å²) in [6, 6.07) is 0. The normalized spacial score (nSPS) is 32.6. The quantitative estimate of drug-likeness (QED) is 0.785. The molecule has 2 atom stereocenters. The second-order valence-electron chi connectivity index (χ2n) is 6.71. The minimum absolute atomic E-state index is 0.291. The average Bonchev–Trinajstić information content (AvgIpc) is 2.83. The molecule has 0 bridgehead atoms. The summed E-state index contributed by atoms with van der Waals surface area (Å²) in [5.74, 6) is 0.506. The van der Waals surface area contributed by atoms with Crippen molar-refractivity contribution in [1.29, 1.82) is 0 Å². The molecule has 0 aromatic heterocycles. The van der Waals surface area contributed by atoms with Crippen LogP contribution >= 0.6 is 0 Å². The van der Waals surface area contributed by atoms with Gasteiger partial charge in [0.25, 0.3) is 0 Å². The monoisotopic (exact) mass is 282 g/mol. The number of carboxylic acid groups (broad SMARTS) is 1. The first kappa shape index (κ1) is 15.8. The molecular weight excluding hydrogens is 252 g/mol. The molecule has 116 valence electrons. The third kappa shape index (κ3) is 3.34. The zero-order chi connectivity index (χ0) is 14.6. The fourth-order valence-corrected chi connectivity index (χ4v) is 4.00. The number of aliphatic carboxylic acids is 1. The van der Waals surface area contributed by atoms with Crippen LogP contribution in [0.2, 0.25) is 0 Å². The lowest BCUT2D eigenvalue weighted by Crippen LogP contribution is -2.55. The van der Waals surface area contributed by atoms with E-state index >= 15 is 0 Å². The number of likely N-dealkylation sites (tertiary alicyclic amines) is 1. The van der Waals surface area contributed by atoms with E-state index in [-0.39, 0.29) is 0 Å². The lowest BCUT2D eigenvalue weighted by Gasteiger charge is -2.35. The Labute approximate surface area is 122 Å². The number of likely N-dealkylation sites (N-methyl/N-ethyl adjacent to an activating group) is 1. The van der Waals surface area contributed by atoms with Crippen molar-refractivity contribution in [3.8, 4) is 0 Å². The summed E-state index contributed by atoms with van der Waals surface area (Å²) >= 11 is 0. The highest BCUT2D eigenvalue weighted by Gasteiger charge is 2.48. The molecule has 1 saturated carbocycles. The topological polar surface area (TPSA) is 52.6 Å². The zero-order valence-corrected chi connectivity index (χ0v) is 13.0. The van der Waals surface area contributed by atoms with Crippen LogP contribution in [-0.2, 0) is 4.79 Å². The van der Waals surface area contributed by atoms with Crippen LogP contribution in [0.3, 0.4) is 0 Å². The van der Waals surface area contributed by atoms with E-state index in [0.717, 1.165) is 44.7 Å². The first-order valence-corrected chi connectivity index (χ1v) is 8.29. The van der Waals surface area contributed by atoms with Gasteiger partial charge in [0.15, 0.2) is 0 Å². The molecule has 4 heteroatoms. The first-order chi connectivity index (χ1) is 9.58. The minimum Gasteiger partial charge on any atom is -0.480 e. The van der Waals surface area contributed by atoms with Gasteiger partial charge in [-0.25, -0.2) is 0 Å². The Morgan fingerprint density at radius 3 is 2.65 bits per heavy atom. The van der Waals surface area contributed by atoms with Gasteiger partial charge in [-0.3, -0.25) is 4.79 Å².